The van der Waals surface area contributed by atoms with E-state index in [1.54, 1.807) is 24.3 Å². The number of hydrogen-bond donors (Lipinski definition) is 5. The van der Waals surface area contributed by atoms with Crippen molar-refractivity contribution in [1.29, 1.82) is 0 Å². The lowest BCUT2D eigenvalue weighted by Crippen LogP contribution is -2.20. The number of fused-ring (bicyclic) bond motifs is 2. The first-order valence-electron chi connectivity index (χ1n) is 8.53. The van der Waals surface area contributed by atoms with Gasteiger partial charge in [0.1, 0.15) is 22.9 Å². The Bertz CT molecular complexity index is 1230. The minimum Gasteiger partial charge on any atom is -0.504 e. The van der Waals surface area contributed by atoms with Crippen molar-refractivity contribution in [2.24, 2.45) is 0 Å². The molecule has 1 aliphatic carbocycles. The standard InChI is InChI=1S/C20H16FNO6S/c21-13-7-3-4-8-15(13)29(27,28)22-14-9-12-16(20(26)19(14)25)18(24)11-6-2-1-5-10(11)17(12)23/h1-9,17-18,22-26H. The van der Waals surface area contributed by atoms with E-state index < -0.39 is 50.1 Å². The normalized spacial score (nSPS) is 18.0. The second-order valence-electron chi connectivity index (χ2n) is 6.59. The van der Waals surface area contributed by atoms with Crippen LogP contribution in [0.4, 0.5) is 10.1 Å². The van der Waals surface area contributed by atoms with E-state index in [9.17, 15) is 33.2 Å². The molecule has 0 amide bonds. The van der Waals surface area contributed by atoms with Gasteiger partial charge in [-0.3, -0.25) is 4.72 Å². The van der Waals surface area contributed by atoms with Gasteiger partial charge in [0, 0.05) is 5.56 Å². The number of phenols is 2. The third-order valence-corrected chi connectivity index (χ3v) is 6.27. The number of rotatable bonds is 3. The fourth-order valence-electron chi connectivity index (χ4n) is 3.48. The summed E-state index contributed by atoms with van der Waals surface area (Å²) in [6.45, 7) is 0. The van der Waals surface area contributed by atoms with Gasteiger partial charge in [-0.05, 0) is 34.9 Å². The number of aliphatic hydroxyl groups is 2. The lowest BCUT2D eigenvalue weighted by Gasteiger charge is -2.30. The maximum atomic E-state index is 13.9. The van der Waals surface area contributed by atoms with Crippen LogP contribution in [-0.4, -0.2) is 28.8 Å². The van der Waals surface area contributed by atoms with Crippen molar-refractivity contribution in [3.63, 3.8) is 0 Å². The van der Waals surface area contributed by atoms with Gasteiger partial charge in [-0.25, -0.2) is 12.8 Å². The predicted molar refractivity (Wildman–Crippen MR) is 102 cm³/mol. The Morgan fingerprint density at radius 2 is 1.41 bits per heavy atom. The Morgan fingerprint density at radius 1 is 0.828 bits per heavy atom. The van der Waals surface area contributed by atoms with E-state index in [1.165, 1.54) is 12.1 Å². The molecule has 9 heteroatoms. The molecule has 4 rings (SSSR count). The molecule has 0 saturated heterocycles. The first-order valence-corrected chi connectivity index (χ1v) is 10.0. The van der Waals surface area contributed by atoms with E-state index in [2.05, 4.69) is 0 Å². The molecule has 3 aromatic rings. The van der Waals surface area contributed by atoms with Gasteiger partial charge in [0.05, 0.1) is 5.69 Å². The Labute approximate surface area is 165 Å². The second kappa shape index (κ2) is 6.73. The minimum absolute atomic E-state index is 0.0118. The monoisotopic (exact) mass is 417 g/mol. The summed E-state index contributed by atoms with van der Waals surface area (Å²) < 4.78 is 41.0. The summed E-state index contributed by atoms with van der Waals surface area (Å²) in [7, 11) is -4.44. The molecule has 0 spiro atoms. The Kier molecular flexibility index (Phi) is 4.45. The SMILES string of the molecule is O=S(=O)(Nc1cc2c(c(O)c1O)C(O)c1ccccc1C2O)c1ccccc1F. The van der Waals surface area contributed by atoms with E-state index in [0.29, 0.717) is 11.1 Å². The lowest BCUT2D eigenvalue weighted by atomic mass is 9.81. The van der Waals surface area contributed by atoms with E-state index in [4.69, 9.17) is 0 Å². The lowest BCUT2D eigenvalue weighted by molar-refractivity contribution is 0.169. The van der Waals surface area contributed by atoms with E-state index in [-0.39, 0.29) is 11.1 Å². The van der Waals surface area contributed by atoms with Crippen molar-refractivity contribution in [2.45, 2.75) is 17.1 Å². The summed E-state index contributed by atoms with van der Waals surface area (Å²) in [4.78, 5) is -0.650. The molecule has 2 atom stereocenters. The molecule has 0 aromatic heterocycles. The number of sulfonamides is 1. The zero-order chi connectivity index (χ0) is 20.9. The number of halogens is 1. The topological polar surface area (TPSA) is 127 Å². The molecule has 0 heterocycles. The number of benzene rings is 3. The van der Waals surface area contributed by atoms with Crippen LogP contribution in [0.3, 0.4) is 0 Å². The van der Waals surface area contributed by atoms with E-state index in [0.717, 1.165) is 18.2 Å². The van der Waals surface area contributed by atoms with Gasteiger partial charge in [0.2, 0.25) is 0 Å². The molecule has 0 radical (unpaired) electrons. The molecule has 150 valence electrons. The quantitative estimate of drug-likeness (QED) is 0.417. The highest BCUT2D eigenvalue weighted by atomic mass is 32.2. The Hall–Kier alpha value is -3.14. The molecule has 0 bridgehead atoms. The minimum atomic E-state index is -4.44. The summed E-state index contributed by atoms with van der Waals surface area (Å²) in [6.07, 6.45) is -2.62. The van der Waals surface area contributed by atoms with Crippen molar-refractivity contribution in [2.75, 3.05) is 4.72 Å². The van der Waals surface area contributed by atoms with Crippen LogP contribution in [0.15, 0.2) is 59.5 Å². The summed E-state index contributed by atoms with van der Waals surface area (Å²) >= 11 is 0. The van der Waals surface area contributed by atoms with Gasteiger partial charge >= 0.3 is 0 Å². The maximum Gasteiger partial charge on any atom is 0.264 e. The third kappa shape index (κ3) is 3.00. The van der Waals surface area contributed by atoms with Crippen molar-refractivity contribution < 1.29 is 33.2 Å². The smallest absolute Gasteiger partial charge is 0.264 e. The van der Waals surface area contributed by atoms with Crippen molar-refractivity contribution >= 4 is 15.7 Å². The second-order valence-corrected chi connectivity index (χ2v) is 8.24. The largest absolute Gasteiger partial charge is 0.504 e. The van der Waals surface area contributed by atoms with Crippen LogP contribution in [0.5, 0.6) is 11.5 Å². The summed E-state index contributed by atoms with van der Waals surface area (Å²) in [5, 5.41) is 42.0. The number of aliphatic hydroxyl groups excluding tert-OH is 2. The zero-order valence-electron chi connectivity index (χ0n) is 14.7. The van der Waals surface area contributed by atoms with E-state index >= 15 is 0 Å². The zero-order valence-corrected chi connectivity index (χ0v) is 15.6. The fourth-order valence-corrected chi connectivity index (χ4v) is 4.62. The van der Waals surface area contributed by atoms with Crippen molar-refractivity contribution in [3.8, 4) is 11.5 Å². The van der Waals surface area contributed by atoms with Crippen LogP contribution >= 0.6 is 0 Å². The van der Waals surface area contributed by atoms with Crippen LogP contribution in [0.25, 0.3) is 0 Å². The Morgan fingerprint density at radius 3 is 2.07 bits per heavy atom. The molecule has 29 heavy (non-hydrogen) atoms. The average molecular weight is 417 g/mol. The molecule has 2 unspecified atom stereocenters. The average Bonchev–Trinajstić information content (AvgIpc) is 2.69. The number of hydrogen-bond acceptors (Lipinski definition) is 6. The van der Waals surface area contributed by atoms with Crippen LogP contribution in [0.2, 0.25) is 0 Å². The molecule has 0 fully saturated rings. The molecule has 0 saturated carbocycles. The van der Waals surface area contributed by atoms with Crippen molar-refractivity contribution in [1.82, 2.24) is 0 Å². The molecular weight excluding hydrogens is 401 g/mol. The molecule has 7 nitrogen and oxygen atoms in total. The molecular formula is C20H16FNO6S. The van der Waals surface area contributed by atoms with Gasteiger partial charge in [-0.15, -0.1) is 0 Å². The Balaban J connectivity index is 1.84. The van der Waals surface area contributed by atoms with Crippen LogP contribution in [0.1, 0.15) is 34.5 Å². The molecule has 3 aromatic carbocycles. The highest BCUT2D eigenvalue weighted by molar-refractivity contribution is 7.92. The first-order chi connectivity index (χ1) is 13.7. The summed E-state index contributed by atoms with van der Waals surface area (Å²) in [5.41, 5.74) is 0.137. The summed E-state index contributed by atoms with van der Waals surface area (Å²) in [6, 6.07) is 12.2. The van der Waals surface area contributed by atoms with Crippen LogP contribution < -0.4 is 4.72 Å². The maximum absolute atomic E-state index is 13.9. The highest BCUT2D eigenvalue weighted by Gasteiger charge is 2.35. The van der Waals surface area contributed by atoms with Gasteiger partial charge in [0.15, 0.2) is 11.5 Å². The van der Waals surface area contributed by atoms with Crippen molar-refractivity contribution in [3.05, 3.63) is 82.7 Å². The predicted octanol–water partition coefficient (Wildman–Crippen LogP) is 2.51. The van der Waals surface area contributed by atoms with Crippen LogP contribution in [0, 0.1) is 5.82 Å². The van der Waals surface area contributed by atoms with Crippen LogP contribution in [-0.2, 0) is 10.0 Å². The number of anilines is 1. The summed E-state index contributed by atoms with van der Waals surface area (Å²) in [5.74, 6) is -2.63. The third-order valence-electron chi connectivity index (χ3n) is 4.87. The number of aromatic hydroxyl groups is 2. The molecule has 1 aliphatic rings. The number of nitrogens with one attached hydrogen (secondary N) is 1. The number of phenolic OH excluding ortho intramolecular Hbond substituents is 2. The molecule has 5 N–H and O–H groups in total. The van der Waals surface area contributed by atoms with Gasteiger partial charge < -0.3 is 20.4 Å². The van der Waals surface area contributed by atoms with Gasteiger partial charge in [-0.2, -0.15) is 0 Å². The van der Waals surface area contributed by atoms with Gasteiger partial charge in [-0.1, -0.05) is 36.4 Å². The van der Waals surface area contributed by atoms with Gasteiger partial charge in [0.25, 0.3) is 10.0 Å². The fraction of sp³-hybridized carbons (Fsp3) is 0.100. The highest BCUT2D eigenvalue weighted by Crippen LogP contribution is 2.50. The van der Waals surface area contributed by atoms with E-state index in [1.807, 2.05) is 4.72 Å². The first kappa shape index (κ1) is 19.2. The molecule has 0 aliphatic heterocycles.